The van der Waals surface area contributed by atoms with Gasteiger partial charge in [0.2, 0.25) is 5.91 Å². The second kappa shape index (κ2) is 5.28. The molecule has 1 aromatic rings. The van der Waals surface area contributed by atoms with Crippen LogP contribution in [0.1, 0.15) is 23.2 Å². The highest BCUT2D eigenvalue weighted by atomic mass is 79.9. The van der Waals surface area contributed by atoms with Gasteiger partial charge in [0.25, 0.3) is 0 Å². The van der Waals surface area contributed by atoms with Gasteiger partial charge in [0.05, 0.1) is 5.69 Å². The number of anilines is 1. The van der Waals surface area contributed by atoms with Crippen molar-refractivity contribution in [1.82, 2.24) is 0 Å². The maximum atomic E-state index is 11.1. The van der Waals surface area contributed by atoms with Gasteiger partial charge in [-0.25, -0.2) is 0 Å². The largest absolute Gasteiger partial charge is 0.369 e. The minimum Gasteiger partial charge on any atom is -0.369 e. The van der Waals surface area contributed by atoms with Crippen LogP contribution in [0.2, 0.25) is 0 Å². The third-order valence-electron chi connectivity index (χ3n) is 3.52. The van der Waals surface area contributed by atoms with E-state index in [1.54, 1.807) is 12.1 Å². The van der Waals surface area contributed by atoms with E-state index in [1.165, 1.54) is 12.8 Å². The lowest BCUT2D eigenvalue weighted by Gasteiger charge is -2.30. The second-order valence-corrected chi connectivity index (χ2v) is 5.64. The topological polar surface area (TPSA) is 72.3 Å². The molecule has 1 amide bonds. The van der Waals surface area contributed by atoms with Gasteiger partial charge in [-0.05, 0) is 52.9 Å². The van der Waals surface area contributed by atoms with Crippen LogP contribution in [0.25, 0.3) is 0 Å². The Balaban J connectivity index is 2.24. The van der Waals surface area contributed by atoms with Crippen molar-refractivity contribution in [2.75, 3.05) is 18.5 Å². The fraction of sp³-hybridized carbons (Fsp3) is 0.462. The summed E-state index contributed by atoms with van der Waals surface area (Å²) in [7, 11) is 2.04. The average molecular weight is 312 g/mol. The van der Waals surface area contributed by atoms with Gasteiger partial charge >= 0.3 is 0 Å². The van der Waals surface area contributed by atoms with E-state index in [0.29, 0.717) is 24.1 Å². The summed E-state index contributed by atoms with van der Waals surface area (Å²) in [5, 5.41) is 0. The fourth-order valence-corrected chi connectivity index (χ4v) is 2.93. The number of nitrogens with zero attached hydrogens (tertiary/aromatic N) is 1. The fourth-order valence-electron chi connectivity index (χ4n) is 2.27. The molecule has 1 fully saturated rings. The Kier molecular flexibility index (Phi) is 3.92. The Morgan fingerprint density at radius 1 is 1.56 bits per heavy atom. The molecule has 4 nitrogen and oxygen atoms in total. The quantitative estimate of drug-likeness (QED) is 0.869. The van der Waals surface area contributed by atoms with Gasteiger partial charge in [-0.2, -0.15) is 0 Å². The number of hydrogen-bond acceptors (Lipinski definition) is 3. The van der Waals surface area contributed by atoms with E-state index in [4.69, 9.17) is 11.5 Å². The lowest BCUT2D eigenvalue weighted by molar-refractivity contribution is 0.100. The van der Waals surface area contributed by atoms with E-state index < -0.39 is 5.91 Å². The molecule has 2 rings (SSSR count). The lowest BCUT2D eigenvalue weighted by atomic mass is 10.1. The number of carbonyl (C=O) groups excluding carboxylic acids is 1. The van der Waals surface area contributed by atoms with E-state index in [-0.39, 0.29) is 0 Å². The van der Waals surface area contributed by atoms with Crippen LogP contribution in [0.15, 0.2) is 22.7 Å². The highest BCUT2D eigenvalue weighted by molar-refractivity contribution is 9.10. The molecule has 18 heavy (non-hydrogen) atoms. The van der Waals surface area contributed by atoms with Crippen LogP contribution in [0.5, 0.6) is 0 Å². The summed E-state index contributed by atoms with van der Waals surface area (Å²) in [5.41, 5.74) is 12.7. The van der Waals surface area contributed by atoms with Crippen molar-refractivity contribution in [2.24, 2.45) is 17.4 Å². The first kappa shape index (κ1) is 13.4. The predicted molar refractivity (Wildman–Crippen MR) is 76.6 cm³/mol. The zero-order chi connectivity index (χ0) is 13.3. The Bertz CT molecular complexity index is 460. The Morgan fingerprint density at radius 2 is 2.22 bits per heavy atom. The van der Waals surface area contributed by atoms with Crippen molar-refractivity contribution in [3.8, 4) is 0 Å². The number of halogens is 1. The molecule has 1 aromatic carbocycles. The minimum absolute atomic E-state index is 0.362. The summed E-state index contributed by atoms with van der Waals surface area (Å²) in [5.74, 6) is 0.283. The molecular weight excluding hydrogens is 294 g/mol. The second-order valence-electron chi connectivity index (χ2n) is 4.78. The molecule has 5 heteroatoms. The predicted octanol–water partition coefficient (Wildman–Crippen LogP) is 1.72. The van der Waals surface area contributed by atoms with Gasteiger partial charge in [-0.15, -0.1) is 0 Å². The third-order valence-corrected chi connectivity index (χ3v) is 4.15. The highest BCUT2D eigenvalue weighted by Crippen LogP contribution is 2.38. The molecule has 4 N–H and O–H groups in total. The Labute approximate surface area is 115 Å². The van der Waals surface area contributed by atoms with Gasteiger partial charge in [-0.1, -0.05) is 0 Å². The third kappa shape index (κ3) is 2.67. The number of benzene rings is 1. The van der Waals surface area contributed by atoms with Crippen molar-refractivity contribution in [2.45, 2.75) is 18.9 Å². The molecule has 0 aromatic heterocycles. The van der Waals surface area contributed by atoms with Crippen LogP contribution in [0, 0.1) is 5.92 Å². The molecule has 0 bridgehead atoms. The first-order valence-electron chi connectivity index (χ1n) is 6.07. The van der Waals surface area contributed by atoms with Crippen LogP contribution in [-0.2, 0) is 0 Å². The Morgan fingerprint density at radius 3 is 2.67 bits per heavy atom. The van der Waals surface area contributed by atoms with Crippen LogP contribution in [0.4, 0.5) is 5.69 Å². The first-order chi connectivity index (χ1) is 8.54. The van der Waals surface area contributed by atoms with Gasteiger partial charge in [0, 0.05) is 29.7 Å². The molecule has 1 atom stereocenters. The van der Waals surface area contributed by atoms with Gasteiger partial charge in [0.1, 0.15) is 0 Å². The summed E-state index contributed by atoms with van der Waals surface area (Å²) >= 11 is 3.49. The standard InChI is InChI=1S/C13H18BrN3O/c1-17(12(7-15)8-2-3-8)11-5-4-9(13(16)18)6-10(11)14/h4-6,8,12H,2-3,7,15H2,1H3,(H2,16,18). The van der Waals surface area contributed by atoms with E-state index >= 15 is 0 Å². The molecule has 98 valence electrons. The SMILES string of the molecule is CN(c1ccc(C(N)=O)cc1Br)C(CN)C1CC1. The maximum absolute atomic E-state index is 11.1. The van der Waals surface area contributed by atoms with Crippen molar-refractivity contribution in [3.05, 3.63) is 28.2 Å². The normalized spacial score (nSPS) is 16.4. The van der Waals surface area contributed by atoms with Crippen molar-refractivity contribution in [1.29, 1.82) is 0 Å². The van der Waals surface area contributed by atoms with E-state index in [2.05, 4.69) is 20.8 Å². The van der Waals surface area contributed by atoms with Crippen LogP contribution < -0.4 is 16.4 Å². The average Bonchev–Trinajstić information content (AvgIpc) is 3.14. The summed E-state index contributed by atoms with van der Waals surface area (Å²) in [4.78, 5) is 13.3. The first-order valence-corrected chi connectivity index (χ1v) is 6.86. The molecule has 0 spiro atoms. The van der Waals surface area contributed by atoms with E-state index in [0.717, 1.165) is 10.2 Å². The number of primary amides is 1. The number of hydrogen-bond donors (Lipinski definition) is 2. The van der Waals surface area contributed by atoms with Crippen molar-refractivity contribution >= 4 is 27.5 Å². The monoisotopic (exact) mass is 311 g/mol. The van der Waals surface area contributed by atoms with Gasteiger partial charge < -0.3 is 16.4 Å². The molecule has 0 radical (unpaired) electrons. The molecule has 1 unspecified atom stereocenters. The Hall–Kier alpha value is -1.07. The minimum atomic E-state index is -0.414. The summed E-state index contributed by atoms with van der Waals surface area (Å²) in [6, 6.07) is 5.78. The number of likely N-dealkylation sites (N-methyl/N-ethyl adjacent to an activating group) is 1. The van der Waals surface area contributed by atoms with Crippen LogP contribution in [0.3, 0.4) is 0 Å². The summed E-state index contributed by atoms with van der Waals surface area (Å²) in [6.45, 7) is 0.644. The highest BCUT2D eigenvalue weighted by Gasteiger charge is 2.33. The molecule has 1 aliphatic carbocycles. The number of carbonyl (C=O) groups is 1. The van der Waals surface area contributed by atoms with E-state index in [9.17, 15) is 4.79 Å². The summed E-state index contributed by atoms with van der Waals surface area (Å²) < 4.78 is 0.875. The van der Waals surface area contributed by atoms with Crippen molar-refractivity contribution in [3.63, 3.8) is 0 Å². The summed E-state index contributed by atoms with van der Waals surface area (Å²) in [6.07, 6.45) is 2.51. The smallest absolute Gasteiger partial charge is 0.248 e. The lowest BCUT2D eigenvalue weighted by Crippen LogP contribution is -2.39. The maximum Gasteiger partial charge on any atom is 0.248 e. The van der Waals surface area contributed by atoms with Crippen molar-refractivity contribution < 1.29 is 4.79 Å². The zero-order valence-electron chi connectivity index (χ0n) is 10.4. The zero-order valence-corrected chi connectivity index (χ0v) is 12.0. The molecule has 0 aliphatic heterocycles. The molecule has 0 heterocycles. The molecule has 1 saturated carbocycles. The van der Waals surface area contributed by atoms with Gasteiger partial charge in [-0.3, -0.25) is 4.79 Å². The number of nitrogens with two attached hydrogens (primary N) is 2. The molecular formula is C13H18BrN3O. The van der Waals surface area contributed by atoms with Crippen LogP contribution >= 0.6 is 15.9 Å². The molecule has 1 aliphatic rings. The van der Waals surface area contributed by atoms with Crippen LogP contribution in [-0.4, -0.2) is 25.5 Å². The van der Waals surface area contributed by atoms with E-state index in [1.807, 2.05) is 13.1 Å². The number of rotatable bonds is 5. The van der Waals surface area contributed by atoms with Gasteiger partial charge in [0.15, 0.2) is 0 Å². The molecule has 0 saturated heterocycles. The number of amides is 1.